The second kappa shape index (κ2) is 6.70. The Kier molecular flexibility index (Phi) is 4.87. The standard InChI is InChI=1S/C18H20N2O4/c1-18(2,3)12-5-7-13(8-6-12)19-17(21)15-11-14(24-4)9-10-16(15)20(22)23/h5-11H,1-4H3,(H,19,21). The number of rotatable bonds is 4. The van der Waals surface area contributed by atoms with E-state index >= 15 is 0 Å². The Morgan fingerprint density at radius 1 is 1.12 bits per heavy atom. The molecule has 6 nitrogen and oxygen atoms in total. The van der Waals surface area contributed by atoms with Crippen molar-refractivity contribution in [1.82, 2.24) is 0 Å². The Morgan fingerprint density at radius 2 is 1.75 bits per heavy atom. The highest BCUT2D eigenvalue weighted by Crippen LogP contribution is 2.26. The molecular formula is C18H20N2O4. The smallest absolute Gasteiger partial charge is 0.282 e. The van der Waals surface area contributed by atoms with E-state index in [1.807, 2.05) is 12.1 Å². The van der Waals surface area contributed by atoms with Gasteiger partial charge in [-0.2, -0.15) is 0 Å². The van der Waals surface area contributed by atoms with Crippen LogP contribution in [-0.4, -0.2) is 17.9 Å². The van der Waals surface area contributed by atoms with Gasteiger partial charge in [0.2, 0.25) is 0 Å². The lowest BCUT2D eigenvalue weighted by Crippen LogP contribution is -2.15. The van der Waals surface area contributed by atoms with Gasteiger partial charge >= 0.3 is 0 Å². The molecule has 0 aliphatic heterocycles. The van der Waals surface area contributed by atoms with E-state index in [1.165, 1.54) is 25.3 Å². The predicted octanol–water partition coefficient (Wildman–Crippen LogP) is 4.15. The zero-order valence-corrected chi connectivity index (χ0v) is 14.1. The van der Waals surface area contributed by atoms with Crippen molar-refractivity contribution in [2.45, 2.75) is 26.2 Å². The molecule has 0 saturated carbocycles. The number of carbonyl (C=O) groups is 1. The van der Waals surface area contributed by atoms with Crippen LogP contribution in [0.5, 0.6) is 5.75 Å². The summed E-state index contributed by atoms with van der Waals surface area (Å²) < 4.78 is 5.04. The monoisotopic (exact) mass is 328 g/mol. The van der Waals surface area contributed by atoms with Crippen LogP contribution in [0.15, 0.2) is 42.5 Å². The minimum Gasteiger partial charge on any atom is -0.497 e. The lowest BCUT2D eigenvalue weighted by Gasteiger charge is -2.19. The van der Waals surface area contributed by atoms with Gasteiger partial charge in [0.15, 0.2) is 0 Å². The Balaban J connectivity index is 2.28. The third kappa shape index (κ3) is 3.90. The van der Waals surface area contributed by atoms with Gasteiger partial charge in [-0.1, -0.05) is 32.9 Å². The third-order valence-electron chi connectivity index (χ3n) is 3.65. The topological polar surface area (TPSA) is 81.5 Å². The van der Waals surface area contributed by atoms with Gasteiger partial charge in [0, 0.05) is 11.8 Å². The van der Waals surface area contributed by atoms with Gasteiger partial charge in [0.25, 0.3) is 11.6 Å². The number of methoxy groups -OCH3 is 1. The fourth-order valence-electron chi connectivity index (χ4n) is 2.24. The van der Waals surface area contributed by atoms with Crippen molar-refractivity contribution >= 4 is 17.3 Å². The number of carbonyl (C=O) groups excluding carboxylic acids is 1. The van der Waals surface area contributed by atoms with Gasteiger partial charge in [-0.05, 0) is 35.2 Å². The number of ether oxygens (including phenoxy) is 1. The quantitative estimate of drug-likeness (QED) is 0.675. The fraction of sp³-hybridized carbons (Fsp3) is 0.278. The molecule has 2 rings (SSSR count). The molecule has 0 aliphatic carbocycles. The van der Waals surface area contributed by atoms with Gasteiger partial charge in [0.05, 0.1) is 12.0 Å². The van der Waals surface area contributed by atoms with Crippen LogP contribution >= 0.6 is 0 Å². The van der Waals surface area contributed by atoms with Crippen LogP contribution in [0.1, 0.15) is 36.7 Å². The molecule has 0 saturated heterocycles. The van der Waals surface area contributed by atoms with Gasteiger partial charge in [-0.15, -0.1) is 0 Å². The molecule has 1 N–H and O–H groups in total. The number of benzene rings is 2. The Labute approximate surface area is 140 Å². The fourth-order valence-corrected chi connectivity index (χ4v) is 2.24. The van der Waals surface area contributed by atoms with Crippen molar-refractivity contribution in [2.24, 2.45) is 0 Å². The number of nitrogens with one attached hydrogen (secondary N) is 1. The minimum atomic E-state index is -0.586. The second-order valence-electron chi connectivity index (χ2n) is 6.42. The number of nitro groups is 1. The van der Waals surface area contributed by atoms with Crippen LogP contribution < -0.4 is 10.1 Å². The normalized spacial score (nSPS) is 11.0. The molecule has 0 heterocycles. The molecule has 0 fully saturated rings. The predicted molar refractivity (Wildman–Crippen MR) is 92.7 cm³/mol. The molecule has 0 bridgehead atoms. The molecule has 0 unspecified atom stereocenters. The van der Waals surface area contributed by atoms with Gasteiger partial charge in [0.1, 0.15) is 11.3 Å². The summed E-state index contributed by atoms with van der Waals surface area (Å²) in [7, 11) is 1.44. The molecule has 2 aromatic rings. The largest absolute Gasteiger partial charge is 0.497 e. The van der Waals surface area contributed by atoms with Crippen LogP contribution in [0, 0.1) is 10.1 Å². The minimum absolute atomic E-state index is 0.00806. The number of nitrogens with zero attached hydrogens (tertiary/aromatic N) is 1. The summed E-state index contributed by atoms with van der Waals surface area (Å²) in [6.07, 6.45) is 0. The number of amides is 1. The second-order valence-corrected chi connectivity index (χ2v) is 6.42. The van der Waals surface area contributed by atoms with E-state index in [-0.39, 0.29) is 16.7 Å². The Morgan fingerprint density at radius 3 is 2.25 bits per heavy atom. The van der Waals surface area contributed by atoms with Gasteiger partial charge < -0.3 is 10.1 Å². The van der Waals surface area contributed by atoms with Crippen molar-refractivity contribution < 1.29 is 14.5 Å². The van der Waals surface area contributed by atoms with E-state index in [0.29, 0.717) is 11.4 Å². The van der Waals surface area contributed by atoms with Crippen molar-refractivity contribution in [3.8, 4) is 5.75 Å². The molecule has 0 aliphatic rings. The molecule has 0 atom stereocenters. The van der Waals surface area contributed by atoms with E-state index in [9.17, 15) is 14.9 Å². The van der Waals surface area contributed by atoms with Crippen LogP contribution in [0.25, 0.3) is 0 Å². The summed E-state index contributed by atoms with van der Waals surface area (Å²) in [4.78, 5) is 23.0. The Hall–Kier alpha value is -2.89. The van der Waals surface area contributed by atoms with Crippen LogP contribution in [0.2, 0.25) is 0 Å². The Bertz CT molecular complexity index is 762. The van der Waals surface area contributed by atoms with Crippen LogP contribution in [-0.2, 0) is 5.41 Å². The van der Waals surface area contributed by atoms with E-state index in [2.05, 4.69) is 26.1 Å². The summed E-state index contributed by atoms with van der Waals surface area (Å²) >= 11 is 0. The number of nitro benzene ring substituents is 1. The lowest BCUT2D eigenvalue weighted by molar-refractivity contribution is -0.385. The van der Waals surface area contributed by atoms with Crippen molar-refractivity contribution in [1.29, 1.82) is 0 Å². The highest BCUT2D eigenvalue weighted by atomic mass is 16.6. The number of hydrogen-bond donors (Lipinski definition) is 1. The van der Waals surface area contributed by atoms with Crippen molar-refractivity contribution in [2.75, 3.05) is 12.4 Å². The van der Waals surface area contributed by atoms with Crippen LogP contribution in [0.3, 0.4) is 0 Å². The van der Waals surface area contributed by atoms with E-state index in [1.54, 1.807) is 12.1 Å². The molecular weight excluding hydrogens is 308 g/mol. The molecule has 6 heteroatoms. The average molecular weight is 328 g/mol. The molecule has 0 radical (unpaired) electrons. The average Bonchev–Trinajstić information content (AvgIpc) is 2.53. The first-order chi connectivity index (χ1) is 11.2. The molecule has 2 aromatic carbocycles. The van der Waals surface area contributed by atoms with E-state index in [0.717, 1.165) is 5.56 Å². The highest BCUT2D eigenvalue weighted by Gasteiger charge is 2.21. The molecule has 126 valence electrons. The SMILES string of the molecule is COc1ccc([N+](=O)[O-])c(C(=O)Nc2ccc(C(C)(C)C)cc2)c1. The molecule has 24 heavy (non-hydrogen) atoms. The van der Waals surface area contributed by atoms with Gasteiger partial charge in [-0.25, -0.2) is 0 Å². The van der Waals surface area contributed by atoms with Gasteiger partial charge in [-0.3, -0.25) is 14.9 Å². The summed E-state index contributed by atoms with van der Waals surface area (Å²) in [5.41, 5.74) is 1.41. The summed E-state index contributed by atoms with van der Waals surface area (Å²) in [5, 5.41) is 13.8. The van der Waals surface area contributed by atoms with E-state index < -0.39 is 10.8 Å². The maximum absolute atomic E-state index is 12.4. The highest BCUT2D eigenvalue weighted by molar-refractivity contribution is 6.07. The first kappa shape index (κ1) is 17.5. The summed E-state index contributed by atoms with van der Waals surface area (Å²) in [6, 6.07) is 11.5. The maximum Gasteiger partial charge on any atom is 0.282 e. The first-order valence-electron chi connectivity index (χ1n) is 7.46. The van der Waals surface area contributed by atoms with Crippen LogP contribution in [0.4, 0.5) is 11.4 Å². The number of hydrogen-bond acceptors (Lipinski definition) is 4. The van der Waals surface area contributed by atoms with Crippen molar-refractivity contribution in [3.05, 3.63) is 63.7 Å². The zero-order valence-electron chi connectivity index (χ0n) is 14.1. The molecule has 1 amide bonds. The molecule has 0 spiro atoms. The third-order valence-corrected chi connectivity index (χ3v) is 3.65. The summed E-state index contributed by atoms with van der Waals surface area (Å²) in [5.74, 6) is -0.169. The lowest BCUT2D eigenvalue weighted by atomic mass is 9.87. The molecule has 0 aromatic heterocycles. The summed E-state index contributed by atoms with van der Waals surface area (Å²) in [6.45, 7) is 6.29. The van der Waals surface area contributed by atoms with E-state index in [4.69, 9.17) is 4.74 Å². The van der Waals surface area contributed by atoms with Crippen molar-refractivity contribution in [3.63, 3.8) is 0 Å². The first-order valence-corrected chi connectivity index (χ1v) is 7.46. The zero-order chi connectivity index (χ0) is 17.9. The number of anilines is 1. The maximum atomic E-state index is 12.4.